The number of rotatable bonds is 4. The van der Waals surface area contributed by atoms with Gasteiger partial charge in [0.2, 0.25) is 4.80 Å². The second kappa shape index (κ2) is 8.41. The van der Waals surface area contributed by atoms with E-state index in [1.165, 1.54) is 11.3 Å². The monoisotopic (exact) mass is 444 g/mol. The van der Waals surface area contributed by atoms with Crippen LogP contribution in [0.5, 0.6) is 0 Å². The van der Waals surface area contributed by atoms with Gasteiger partial charge in [0.25, 0.3) is 0 Å². The van der Waals surface area contributed by atoms with Crippen molar-refractivity contribution in [3.05, 3.63) is 86.0 Å². The molecule has 140 valence electrons. The van der Waals surface area contributed by atoms with Crippen LogP contribution >= 0.6 is 45.9 Å². The molecule has 4 rings (SSSR count). The van der Waals surface area contributed by atoms with Gasteiger partial charge in [0.1, 0.15) is 0 Å². The van der Waals surface area contributed by atoms with Crippen LogP contribution < -0.4 is 4.80 Å². The Morgan fingerprint density at radius 3 is 2.57 bits per heavy atom. The van der Waals surface area contributed by atoms with E-state index in [1.54, 1.807) is 35.9 Å². The number of aromatic nitrogens is 2. The summed E-state index contributed by atoms with van der Waals surface area (Å²) >= 11 is 15.4. The molecule has 0 amide bonds. The highest BCUT2D eigenvalue weighted by Gasteiger charge is 2.10. The average molecular weight is 445 g/mol. The molecule has 0 saturated heterocycles. The Morgan fingerprint density at radius 2 is 1.86 bits per heavy atom. The van der Waals surface area contributed by atoms with E-state index < -0.39 is 0 Å². The predicted octanol–water partition coefficient (Wildman–Crippen LogP) is 6.48. The lowest BCUT2D eigenvalue weighted by Gasteiger charge is -2.05. The van der Waals surface area contributed by atoms with E-state index in [2.05, 4.69) is 16.4 Å². The first-order chi connectivity index (χ1) is 13.6. The highest BCUT2D eigenvalue weighted by molar-refractivity contribution is 7.14. The van der Waals surface area contributed by atoms with Crippen LogP contribution in [0.3, 0.4) is 0 Å². The molecule has 3 heterocycles. The first-order valence-corrected chi connectivity index (χ1v) is 10.8. The van der Waals surface area contributed by atoms with E-state index in [0.717, 1.165) is 32.3 Å². The zero-order chi connectivity index (χ0) is 19.5. The Kier molecular flexibility index (Phi) is 5.73. The molecule has 4 aromatic rings. The lowest BCUT2D eigenvalue weighted by molar-refractivity contribution is 0.850. The number of hydrogen-bond donors (Lipinski definition) is 0. The minimum atomic E-state index is 0.473. The van der Waals surface area contributed by atoms with Gasteiger partial charge in [-0.05, 0) is 48.7 Å². The second-order valence-corrected chi connectivity index (χ2v) is 8.42. The van der Waals surface area contributed by atoms with Crippen LogP contribution in [0.2, 0.25) is 10.0 Å². The zero-order valence-electron chi connectivity index (χ0n) is 14.7. The van der Waals surface area contributed by atoms with Gasteiger partial charge in [-0.15, -0.1) is 22.7 Å². The van der Waals surface area contributed by atoms with Gasteiger partial charge in [-0.2, -0.15) is 5.10 Å². The summed E-state index contributed by atoms with van der Waals surface area (Å²) < 4.78 is 1.87. The van der Waals surface area contributed by atoms with Gasteiger partial charge < -0.3 is 0 Å². The molecule has 0 aliphatic rings. The maximum absolute atomic E-state index is 6.14. The normalized spacial score (nSPS) is 12.5. The standard InChI is InChI=1S/C20H14Cl2N4S2/c1-13(14-6-8-23-9-7-14)25-26-18(19-3-2-10-27-19)12-28-20(26)24-15-4-5-16(21)17(22)11-15/h2-12H,1H3. The zero-order valence-corrected chi connectivity index (χ0v) is 17.9. The second-order valence-electron chi connectivity index (χ2n) is 5.82. The van der Waals surface area contributed by atoms with Crippen LogP contribution in [-0.4, -0.2) is 15.4 Å². The maximum atomic E-state index is 6.14. The maximum Gasteiger partial charge on any atom is 0.211 e. The van der Waals surface area contributed by atoms with Crippen LogP contribution in [0, 0.1) is 0 Å². The van der Waals surface area contributed by atoms with Crippen LogP contribution in [0.1, 0.15) is 12.5 Å². The van der Waals surface area contributed by atoms with E-state index >= 15 is 0 Å². The Bertz CT molecular complexity index is 1190. The molecule has 4 nitrogen and oxygen atoms in total. The molecule has 3 aromatic heterocycles. The summed E-state index contributed by atoms with van der Waals surface area (Å²) in [5.41, 5.74) is 3.59. The summed E-state index contributed by atoms with van der Waals surface area (Å²) in [6.45, 7) is 1.97. The number of pyridine rings is 1. The first-order valence-electron chi connectivity index (χ1n) is 8.32. The fraction of sp³-hybridized carbons (Fsp3) is 0.0500. The molecule has 0 unspecified atom stereocenters. The molecule has 0 saturated carbocycles. The van der Waals surface area contributed by atoms with E-state index in [-0.39, 0.29) is 0 Å². The van der Waals surface area contributed by atoms with Gasteiger partial charge in [-0.1, -0.05) is 29.3 Å². The van der Waals surface area contributed by atoms with Gasteiger partial charge in [-0.3, -0.25) is 4.98 Å². The molecule has 0 spiro atoms. The van der Waals surface area contributed by atoms with E-state index in [0.29, 0.717) is 10.0 Å². The highest BCUT2D eigenvalue weighted by atomic mass is 35.5. The Morgan fingerprint density at radius 1 is 1.04 bits per heavy atom. The lowest BCUT2D eigenvalue weighted by atomic mass is 10.2. The number of hydrogen-bond acceptors (Lipinski definition) is 5. The molecule has 0 N–H and O–H groups in total. The van der Waals surface area contributed by atoms with Crippen molar-refractivity contribution in [3.63, 3.8) is 0 Å². The lowest BCUT2D eigenvalue weighted by Crippen LogP contribution is -2.13. The molecule has 0 atom stereocenters. The summed E-state index contributed by atoms with van der Waals surface area (Å²) in [4.78, 5) is 10.7. The average Bonchev–Trinajstić information content (AvgIpc) is 3.36. The fourth-order valence-corrected chi connectivity index (χ4v) is 4.47. The SMILES string of the molecule is CC(=Nn1c(-c2cccs2)csc1=Nc1ccc(Cl)c(Cl)c1)c1ccncc1. The highest BCUT2D eigenvalue weighted by Crippen LogP contribution is 2.28. The van der Waals surface area contributed by atoms with Crippen molar-refractivity contribution in [2.75, 3.05) is 0 Å². The summed E-state index contributed by atoms with van der Waals surface area (Å²) in [5, 5.41) is 9.94. The summed E-state index contributed by atoms with van der Waals surface area (Å²) in [6, 6.07) is 13.3. The Labute approximate surface area is 180 Å². The van der Waals surface area contributed by atoms with Crippen molar-refractivity contribution in [2.24, 2.45) is 10.1 Å². The topological polar surface area (TPSA) is 42.5 Å². The van der Waals surface area contributed by atoms with Gasteiger partial charge in [0, 0.05) is 23.3 Å². The molecule has 8 heteroatoms. The molecule has 28 heavy (non-hydrogen) atoms. The number of thiazole rings is 1. The van der Waals surface area contributed by atoms with E-state index in [9.17, 15) is 0 Å². The van der Waals surface area contributed by atoms with Crippen molar-refractivity contribution < 1.29 is 0 Å². The Balaban J connectivity index is 1.88. The molecular formula is C20H14Cl2N4S2. The molecule has 0 bridgehead atoms. The van der Waals surface area contributed by atoms with Crippen molar-refractivity contribution in [1.29, 1.82) is 0 Å². The third kappa shape index (κ3) is 4.10. The van der Waals surface area contributed by atoms with Crippen molar-refractivity contribution in [2.45, 2.75) is 6.92 Å². The number of nitrogens with zero attached hydrogens (tertiary/aromatic N) is 4. The molecule has 0 aliphatic carbocycles. The molecule has 0 aliphatic heterocycles. The quantitative estimate of drug-likeness (QED) is 0.331. The number of halogens is 2. The smallest absolute Gasteiger partial charge is 0.211 e. The van der Waals surface area contributed by atoms with Crippen LogP contribution in [0.25, 0.3) is 10.6 Å². The van der Waals surface area contributed by atoms with Gasteiger partial charge in [0.15, 0.2) is 0 Å². The summed E-state index contributed by atoms with van der Waals surface area (Å²) in [5.74, 6) is 0. The van der Waals surface area contributed by atoms with E-state index in [4.69, 9.17) is 33.3 Å². The van der Waals surface area contributed by atoms with Crippen molar-refractivity contribution in [3.8, 4) is 10.6 Å². The van der Waals surface area contributed by atoms with Crippen molar-refractivity contribution >= 4 is 57.3 Å². The minimum Gasteiger partial charge on any atom is -0.265 e. The van der Waals surface area contributed by atoms with Gasteiger partial charge in [-0.25, -0.2) is 9.67 Å². The third-order valence-electron chi connectivity index (χ3n) is 3.93. The molecule has 0 fully saturated rings. The minimum absolute atomic E-state index is 0.473. The molecular weight excluding hydrogens is 431 g/mol. The van der Waals surface area contributed by atoms with E-state index in [1.807, 2.05) is 41.2 Å². The van der Waals surface area contributed by atoms with Crippen molar-refractivity contribution in [1.82, 2.24) is 9.66 Å². The van der Waals surface area contributed by atoms with Crippen LogP contribution in [0.15, 0.2) is 75.7 Å². The largest absolute Gasteiger partial charge is 0.265 e. The first kappa shape index (κ1) is 19.1. The Hall–Kier alpha value is -2.25. The van der Waals surface area contributed by atoms with Gasteiger partial charge in [0.05, 0.1) is 32.0 Å². The summed E-state index contributed by atoms with van der Waals surface area (Å²) in [6.07, 6.45) is 3.52. The third-order valence-corrected chi connectivity index (χ3v) is 6.38. The van der Waals surface area contributed by atoms with Gasteiger partial charge >= 0.3 is 0 Å². The number of thiophene rings is 1. The van der Waals surface area contributed by atoms with Crippen LogP contribution in [0.4, 0.5) is 5.69 Å². The number of benzene rings is 1. The van der Waals surface area contributed by atoms with Crippen LogP contribution in [-0.2, 0) is 0 Å². The molecule has 1 aromatic carbocycles. The fourth-order valence-electron chi connectivity index (χ4n) is 2.53. The summed E-state index contributed by atoms with van der Waals surface area (Å²) in [7, 11) is 0. The molecule has 0 radical (unpaired) electrons. The predicted molar refractivity (Wildman–Crippen MR) is 119 cm³/mol.